The summed E-state index contributed by atoms with van der Waals surface area (Å²) in [6.07, 6.45) is 0. The number of aryl methyl sites for hydroxylation is 1. The van der Waals surface area contributed by atoms with Gasteiger partial charge in [-0.15, -0.1) is 0 Å². The summed E-state index contributed by atoms with van der Waals surface area (Å²) in [4.78, 5) is 13.2. The van der Waals surface area contributed by atoms with Gasteiger partial charge in [-0.2, -0.15) is 0 Å². The Morgan fingerprint density at radius 1 is 1.53 bits per heavy atom. The van der Waals surface area contributed by atoms with Gasteiger partial charge in [0.25, 0.3) is 0 Å². The third-order valence-corrected chi connectivity index (χ3v) is 2.61. The van der Waals surface area contributed by atoms with E-state index in [1.807, 2.05) is 43.1 Å². The highest BCUT2D eigenvalue weighted by Gasteiger charge is 2.32. The summed E-state index contributed by atoms with van der Waals surface area (Å²) in [5.41, 5.74) is 0.578. The fourth-order valence-electron chi connectivity index (χ4n) is 1.70. The number of rotatable bonds is 4. The van der Waals surface area contributed by atoms with E-state index in [0.717, 1.165) is 11.3 Å². The second-order valence-corrected chi connectivity index (χ2v) is 4.46. The molecule has 0 fully saturated rings. The highest BCUT2D eigenvalue weighted by molar-refractivity contribution is 5.79. The van der Waals surface area contributed by atoms with E-state index in [2.05, 4.69) is 4.74 Å². The van der Waals surface area contributed by atoms with E-state index < -0.39 is 11.6 Å². The summed E-state index contributed by atoms with van der Waals surface area (Å²) in [6.45, 7) is 3.63. The van der Waals surface area contributed by atoms with Crippen LogP contribution >= 0.6 is 0 Å². The zero-order chi connectivity index (χ0) is 13.1. The predicted molar refractivity (Wildman–Crippen MR) is 67.1 cm³/mol. The molecule has 0 saturated heterocycles. The van der Waals surface area contributed by atoms with Crippen LogP contribution in [-0.2, 0) is 9.53 Å². The Morgan fingerprint density at radius 3 is 2.71 bits per heavy atom. The van der Waals surface area contributed by atoms with Gasteiger partial charge >= 0.3 is 5.97 Å². The lowest BCUT2D eigenvalue weighted by atomic mass is 10.1. The number of carbonyl (C=O) groups is 1. The molecule has 0 aliphatic carbocycles. The zero-order valence-electron chi connectivity index (χ0n) is 10.7. The largest absolute Gasteiger partial charge is 0.467 e. The van der Waals surface area contributed by atoms with Crippen molar-refractivity contribution in [2.75, 3.05) is 25.6 Å². The fourth-order valence-corrected chi connectivity index (χ4v) is 1.70. The third kappa shape index (κ3) is 3.46. The molecule has 1 N–H and O–H groups in total. The maximum atomic E-state index is 11.4. The van der Waals surface area contributed by atoms with Crippen molar-refractivity contribution in [2.24, 2.45) is 0 Å². The molecular formula is C13H19NO3. The number of benzene rings is 1. The SMILES string of the molecule is COC(=O)C(C)(O)CN(C)c1cccc(C)c1. The van der Waals surface area contributed by atoms with Crippen molar-refractivity contribution in [2.45, 2.75) is 19.4 Å². The van der Waals surface area contributed by atoms with E-state index in [-0.39, 0.29) is 6.54 Å². The first-order chi connectivity index (χ1) is 7.86. The van der Waals surface area contributed by atoms with Crippen LogP contribution in [0.4, 0.5) is 5.69 Å². The van der Waals surface area contributed by atoms with Gasteiger partial charge in [-0.1, -0.05) is 12.1 Å². The van der Waals surface area contributed by atoms with E-state index in [0.29, 0.717) is 0 Å². The third-order valence-electron chi connectivity index (χ3n) is 2.61. The molecule has 17 heavy (non-hydrogen) atoms. The molecule has 0 aliphatic heterocycles. The first-order valence-corrected chi connectivity index (χ1v) is 5.45. The number of methoxy groups -OCH3 is 1. The van der Waals surface area contributed by atoms with Crippen LogP contribution < -0.4 is 4.90 Å². The lowest BCUT2D eigenvalue weighted by Gasteiger charge is -2.28. The molecule has 4 heteroatoms. The lowest BCUT2D eigenvalue weighted by molar-refractivity contribution is -0.159. The van der Waals surface area contributed by atoms with Gasteiger partial charge < -0.3 is 14.7 Å². The van der Waals surface area contributed by atoms with Crippen molar-refractivity contribution in [3.8, 4) is 0 Å². The van der Waals surface area contributed by atoms with E-state index in [4.69, 9.17) is 0 Å². The fraction of sp³-hybridized carbons (Fsp3) is 0.462. The molecule has 0 amide bonds. The zero-order valence-corrected chi connectivity index (χ0v) is 10.7. The number of aliphatic hydroxyl groups is 1. The average molecular weight is 237 g/mol. The molecule has 0 heterocycles. The summed E-state index contributed by atoms with van der Waals surface area (Å²) in [5, 5.41) is 9.97. The minimum Gasteiger partial charge on any atom is -0.467 e. The van der Waals surface area contributed by atoms with Gasteiger partial charge in [0.05, 0.1) is 13.7 Å². The number of hydrogen-bond donors (Lipinski definition) is 1. The number of likely N-dealkylation sites (N-methyl/N-ethyl adjacent to an activating group) is 1. The number of esters is 1. The maximum absolute atomic E-state index is 11.4. The first kappa shape index (κ1) is 13.5. The number of ether oxygens (including phenoxy) is 1. The molecule has 0 aromatic heterocycles. The number of anilines is 1. The molecule has 0 bridgehead atoms. The highest BCUT2D eigenvalue weighted by atomic mass is 16.5. The smallest absolute Gasteiger partial charge is 0.339 e. The van der Waals surface area contributed by atoms with E-state index >= 15 is 0 Å². The molecule has 1 aromatic rings. The average Bonchev–Trinajstić information content (AvgIpc) is 2.27. The molecule has 1 rings (SSSR count). The van der Waals surface area contributed by atoms with E-state index in [1.165, 1.54) is 14.0 Å². The van der Waals surface area contributed by atoms with Crippen LogP contribution in [0.25, 0.3) is 0 Å². The van der Waals surface area contributed by atoms with Gasteiger partial charge in [0.15, 0.2) is 5.60 Å². The van der Waals surface area contributed by atoms with Gasteiger partial charge in [-0.05, 0) is 31.5 Å². The molecule has 4 nitrogen and oxygen atoms in total. The van der Waals surface area contributed by atoms with Crippen molar-refractivity contribution in [1.29, 1.82) is 0 Å². The topological polar surface area (TPSA) is 49.8 Å². The first-order valence-electron chi connectivity index (χ1n) is 5.45. The van der Waals surface area contributed by atoms with Crippen molar-refractivity contribution >= 4 is 11.7 Å². The molecule has 0 aliphatic rings. The molecule has 1 unspecified atom stereocenters. The molecule has 1 aromatic carbocycles. The Hall–Kier alpha value is -1.55. The van der Waals surface area contributed by atoms with Crippen LogP contribution in [0.3, 0.4) is 0 Å². The van der Waals surface area contributed by atoms with Gasteiger partial charge in [0.2, 0.25) is 0 Å². The van der Waals surface area contributed by atoms with Crippen molar-refractivity contribution in [3.05, 3.63) is 29.8 Å². The van der Waals surface area contributed by atoms with Crippen LogP contribution in [0.5, 0.6) is 0 Å². The van der Waals surface area contributed by atoms with Crippen LogP contribution in [0.15, 0.2) is 24.3 Å². The molecule has 0 radical (unpaired) electrons. The van der Waals surface area contributed by atoms with Crippen molar-refractivity contribution in [1.82, 2.24) is 0 Å². The molecule has 0 spiro atoms. The van der Waals surface area contributed by atoms with Crippen molar-refractivity contribution in [3.63, 3.8) is 0 Å². The summed E-state index contributed by atoms with van der Waals surface area (Å²) < 4.78 is 4.56. The monoisotopic (exact) mass is 237 g/mol. The van der Waals surface area contributed by atoms with E-state index in [1.54, 1.807) is 0 Å². The van der Waals surface area contributed by atoms with Crippen molar-refractivity contribution < 1.29 is 14.6 Å². The Bertz CT molecular complexity index is 401. The summed E-state index contributed by atoms with van der Waals surface area (Å²) >= 11 is 0. The second-order valence-electron chi connectivity index (χ2n) is 4.46. The predicted octanol–water partition coefficient (Wildman–Crippen LogP) is 1.36. The summed E-state index contributed by atoms with van der Waals surface area (Å²) in [6, 6.07) is 7.86. The van der Waals surface area contributed by atoms with Crippen LogP contribution in [0.1, 0.15) is 12.5 Å². The minimum absolute atomic E-state index is 0.184. The normalized spacial score (nSPS) is 13.9. The molecular weight excluding hydrogens is 218 g/mol. The van der Waals surface area contributed by atoms with E-state index in [9.17, 15) is 9.90 Å². The Kier molecular flexibility index (Phi) is 4.12. The quantitative estimate of drug-likeness (QED) is 0.803. The lowest BCUT2D eigenvalue weighted by Crippen LogP contribution is -2.46. The van der Waals surface area contributed by atoms with Crippen LogP contribution in [-0.4, -0.2) is 37.4 Å². The molecule has 1 atom stereocenters. The number of nitrogens with zero attached hydrogens (tertiary/aromatic N) is 1. The number of carbonyl (C=O) groups excluding carboxylic acids is 1. The van der Waals surface area contributed by atoms with Gasteiger partial charge in [-0.25, -0.2) is 4.79 Å². The molecule has 0 saturated carbocycles. The minimum atomic E-state index is -1.51. The molecule has 94 valence electrons. The highest BCUT2D eigenvalue weighted by Crippen LogP contribution is 2.17. The van der Waals surface area contributed by atoms with Crippen LogP contribution in [0.2, 0.25) is 0 Å². The maximum Gasteiger partial charge on any atom is 0.339 e. The standard InChI is InChI=1S/C13H19NO3/c1-10-6-5-7-11(8-10)14(3)9-13(2,16)12(15)17-4/h5-8,16H,9H2,1-4H3. The van der Waals surface area contributed by atoms with Gasteiger partial charge in [0.1, 0.15) is 0 Å². The second kappa shape index (κ2) is 5.19. The Labute approximate surface area is 102 Å². The summed E-state index contributed by atoms with van der Waals surface area (Å²) in [7, 11) is 3.09. The Balaban J connectivity index is 2.79. The van der Waals surface area contributed by atoms with Gasteiger partial charge in [0, 0.05) is 12.7 Å². The van der Waals surface area contributed by atoms with Gasteiger partial charge in [-0.3, -0.25) is 0 Å². The number of hydrogen-bond acceptors (Lipinski definition) is 4. The summed E-state index contributed by atoms with van der Waals surface area (Å²) in [5.74, 6) is -0.628. The van der Waals surface area contributed by atoms with Crippen LogP contribution in [0, 0.1) is 6.92 Å². The Morgan fingerprint density at radius 2 is 2.18 bits per heavy atom.